The summed E-state index contributed by atoms with van der Waals surface area (Å²) >= 11 is 14.1. The van der Waals surface area contributed by atoms with Gasteiger partial charge in [-0.2, -0.15) is 11.8 Å². The predicted octanol–water partition coefficient (Wildman–Crippen LogP) is 2.83. The fourth-order valence-electron chi connectivity index (χ4n) is 1.87. The van der Waals surface area contributed by atoms with Gasteiger partial charge >= 0.3 is 0 Å². The van der Waals surface area contributed by atoms with Crippen molar-refractivity contribution >= 4 is 40.8 Å². The summed E-state index contributed by atoms with van der Waals surface area (Å²) < 4.78 is 0. The number of thioether (sulfide) groups is 1. The molecule has 2 N–H and O–H groups in total. The van der Waals surface area contributed by atoms with Crippen molar-refractivity contribution in [1.82, 2.24) is 4.90 Å². The molecule has 2 rings (SSSR count). The van der Waals surface area contributed by atoms with E-state index < -0.39 is 0 Å². The van der Waals surface area contributed by atoms with Crippen LogP contribution in [0, 0.1) is 0 Å². The third-order valence-corrected chi connectivity index (χ3v) is 4.59. The van der Waals surface area contributed by atoms with E-state index >= 15 is 0 Å². The Morgan fingerprint density at radius 1 is 1.30 bits per heavy atom. The molecule has 0 saturated carbocycles. The van der Waals surface area contributed by atoms with Crippen LogP contribution >= 0.6 is 35.0 Å². The summed E-state index contributed by atoms with van der Waals surface area (Å²) in [5.41, 5.74) is 6.58. The second-order valence-electron chi connectivity index (χ2n) is 4.44. The fraction of sp³-hybridized carbons (Fsp3) is 0.462. The molecule has 1 aliphatic heterocycles. The van der Waals surface area contributed by atoms with Crippen LogP contribution in [0.1, 0.15) is 5.56 Å². The molecular formula is C13H17Cl2N3OS. The molecule has 1 saturated heterocycles. The minimum Gasteiger partial charge on any atom is -0.389 e. The normalized spacial score (nSPS) is 17.2. The summed E-state index contributed by atoms with van der Waals surface area (Å²) in [6, 6.07) is 5.33. The van der Waals surface area contributed by atoms with E-state index in [4.69, 9.17) is 33.8 Å². The summed E-state index contributed by atoms with van der Waals surface area (Å²) in [5.74, 6) is 2.76. The van der Waals surface area contributed by atoms with Crippen molar-refractivity contribution in [2.75, 3.05) is 31.1 Å². The molecule has 0 aliphatic carbocycles. The highest BCUT2D eigenvalue weighted by Gasteiger charge is 2.11. The number of hydrogen-bond donors (Lipinski definition) is 1. The second kappa shape index (κ2) is 7.98. The van der Waals surface area contributed by atoms with Crippen LogP contribution in [0.25, 0.3) is 0 Å². The maximum absolute atomic E-state index is 6.05. The van der Waals surface area contributed by atoms with Gasteiger partial charge in [-0.15, -0.1) is 0 Å². The van der Waals surface area contributed by atoms with Gasteiger partial charge in [0.1, 0.15) is 6.61 Å². The van der Waals surface area contributed by atoms with Gasteiger partial charge in [0.05, 0.1) is 6.54 Å². The molecule has 1 aliphatic rings. The van der Waals surface area contributed by atoms with E-state index in [1.165, 1.54) is 0 Å². The van der Waals surface area contributed by atoms with Gasteiger partial charge in [0.25, 0.3) is 0 Å². The Balaban J connectivity index is 1.83. The molecule has 4 nitrogen and oxygen atoms in total. The molecule has 1 aromatic carbocycles. The smallest absolute Gasteiger partial charge is 0.153 e. The topological polar surface area (TPSA) is 50.8 Å². The zero-order chi connectivity index (χ0) is 14.4. The largest absolute Gasteiger partial charge is 0.389 e. The second-order valence-corrected chi connectivity index (χ2v) is 6.48. The Bertz CT molecular complexity index is 458. The molecular weight excluding hydrogens is 317 g/mol. The summed E-state index contributed by atoms with van der Waals surface area (Å²) in [4.78, 5) is 7.51. The number of hydrogen-bond acceptors (Lipinski definition) is 4. The summed E-state index contributed by atoms with van der Waals surface area (Å²) in [7, 11) is 0. The SMILES string of the molecule is N/C(CN1CCSCC1)=N\OCc1c(Cl)cccc1Cl. The number of benzene rings is 1. The monoisotopic (exact) mass is 333 g/mol. The van der Waals surface area contributed by atoms with E-state index in [2.05, 4.69) is 10.1 Å². The van der Waals surface area contributed by atoms with Crippen LogP contribution in [0.2, 0.25) is 10.0 Å². The minimum atomic E-state index is 0.217. The third-order valence-electron chi connectivity index (χ3n) is 2.94. The molecule has 0 radical (unpaired) electrons. The number of amidine groups is 1. The van der Waals surface area contributed by atoms with Crippen molar-refractivity contribution in [3.05, 3.63) is 33.8 Å². The average molecular weight is 334 g/mol. The molecule has 0 spiro atoms. The molecule has 0 atom stereocenters. The first-order valence-corrected chi connectivity index (χ1v) is 8.25. The van der Waals surface area contributed by atoms with Crippen molar-refractivity contribution in [3.8, 4) is 0 Å². The van der Waals surface area contributed by atoms with Crippen molar-refractivity contribution in [3.63, 3.8) is 0 Å². The van der Waals surface area contributed by atoms with E-state index in [-0.39, 0.29) is 6.61 Å². The Morgan fingerprint density at radius 2 is 1.95 bits per heavy atom. The number of halogens is 2. The third kappa shape index (κ3) is 4.74. The Morgan fingerprint density at radius 3 is 2.60 bits per heavy atom. The number of nitrogens with two attached hydrogens (primary N) is 1. The lowest BCUT2D eigenvalue weighted by molar-refractivity contribution is 0.128. The van der Waals surface area contributed by atoms with Crippen molar-refractivity contribution in [1.29, 1.82) is 0 Å². The van der Waals surface area contributed by atoms with Crippen molar-refractivity contribution in [2.45, 2.75) is 6.61 Å². The summed E-state index contributed by atoms with van der Waals surface area (Å²) in [6.07, 6.45) is 0. The molecule has 1 heterocycles. The highest BCUT2D eigenvalue weighted by Crippen LogP contribution is 2.24. The first-order chi connectivity index (χ1) is 9.66. The first kappa shape index (κ1) is 15.8. The highest BCUT2D eigenvalue weighted by atomic mass is 35.5. The Hall–Kier alpha value is -0.620. The van der Waals surface area contributed by atoms with Crippen molar-refractivity contribution in [2.24, 2.45) is 10.9 Å². The minimum absolute atomic E-state index is 0.217. The number of nitrogens with zero attached hydrogens (tertiary/aromatic N) is 2. The van der Waals surface area contributed by atoms with Gasteiger partial charge in [-0.05, 0) is 12.1 Å². The van der Waals surface area contributed by atoms with Gasteiger partial charge in [-0.1, -0.05) is 34.4 Å². The van der Waals surface area contributed by atoms with Crippen LogP contribution in [0.3, 0.4) is 0 Å². The van der Waals surface area contributed by atoms with Gasteiger partial charge in [0.2, 0.25) is 0 Å². The van der Waals surface area contributed by atoms with E-state index in [1.807, 2.05) is 11.8 Å². The van der Waals surface area contributed by atoms with E-state index in [9.17, 15) is 0 Å². The molecule has 20 heavy (non-hydrogen) atoms. The fourth-order valence-corrected chi connectivity index (χ4v) is 3.35. The van der Waals surface area contributed by atoms with Crippen molar-refractivity contribution < 1.29 is 4.84 Å². The number of rotatable bonds is 5. The molecule has 0 unspecified atom stereocenters. The zero-order valence-electron chi connectivity index (χ0n) is 11.0. The van der Waals surface area contributed by atoms with E-state index in [1.54, 1.807) is 18.2 Å². The zero-order valence-corrected chi connectivity index (χ0v) is 13.3. The predicted molar refractivity (Wildman–Crippen MR) is 86.6 cm³/mol. The lowest BCUT2D eigenvalue weighted by atomic mass is 10.2. The molecule has 0 bridgehead atoms. The first-order valence-electron chi connectivity index (χ1n) is 6.34. The van der Waals surface area contributed by atoms with Crippen LogP contribution in [-0.2, 0) is 11.4 Å². The molecule has 1 aromatic rings. The maximum atomic E-state index is 6.05. The highest BCUT2D eigenvalue weighted by molar-refractivity contribution is 7.99. The number of oxime groups is 1. The van der Waals surface area contributed by atoms with Crippen LogP contribution in [0.15, 0.2) is 23.4 Å². The van der Waals surface area contributed by atoms with Gasteiger partial charge in [-0.25, -0.2) is 0 Å². The standard InChI is InChI=1S/C13H17Cl2N3OS/c14-11-2-1-3-12(15)10(11)9-19-17-13(16)8-18-4-6-20-7-5-18/h1-3H,4-9H2,(H2,16,17). The Kier molecular flexibility index (Phi) is 6.29. The average Bonchev–Trinajstić information content (AvgIpc) is 2.43. The van der Waals surface area contributed by atoms with Gasteiger partial charge in [0, 0.05) is 40.2 Å². The molecule has 7 heteroatoms. The molecule has 0 aromatic heterocycles. The van der Waals surface area contributed by atoms with Crippen LogP contribution < -0.4 is 5.73 Å². The quantitative estimate of drug-likeness (QED) is 0.511. The van der Waals surface area contributed by atoms with Gasteiger partial charge in [-0.3, -0.25) is 4.90 Å². The lowest BCUT2D eigenvalue weighted by Crippen LogP contribution is -2.39. The summed E-state index contributed by atoms with van der Waals surface area (Å²) in [6.45, 7) is 2.93. The molecule has 0 amide bonds. The molecule has 110 valence electrons. The Labute approximate surface area is 133 Å². The van der Waals surface area contributed by atoms with E-state index in [0.717, 1.165) is 30.2 Å². The summed E-state index contributed by atoms with van der Waals surface area (Å²) in [5, 5.41) is 5.06. The van der Waals surface area contributed by atoms with Crippen LogP contribution in [0.4, 0.5) is 0 Å². The van der Waals surface area contributed by atoms with E-state index in [0.29, 0.717) is 22.4 Å². The molecule has 1 fully saturated rings. The maximum Gasteiger partial charge on any atom is 0.153 e. The lowest BCUT2D eigenvalue weighted by Gasteiger charge is -2.25. The van der Waals surface area contributed by atoms with Gasteiger partial charge in [0.15, 0.2) is 5.84 Å². The van der Waals surface area contributed by atoms with Gasteiger partial charge < -0.3 is 10.6 Å². The van der Waals surface area contributed by atoms with Crippen LogP contribution in [-0.4, -0.2) is 41.9 Å². The van der Waals surface area contributed by atoms with Crippen LogP contribution in [0.5, 0.6) is 0 Å².